The maximum atomic E-state index is 7.98. The van der Waals surface area contributed by atoms with E-state index >= 15 is 0 Å². The molecule has 0 N–H and O–H groups in total. The second-order valence-corrected chi connectivity index (χ2v) is 17.0. The molecule has 1 saturated heterocycles. The van der Waals surface area contributed by atoms with Gasteiger partial charge in [0.25, 0.3) is 0 Å². The van der Waals surface area contributed by atoms with Crippen molar-refractivity contribution >= 4 is 28.2 Å². The van der Waals surface area contributed by atoms with Crippen LogP contribution in [0, 0.1) is 17.4 Å². The number of hydrogen-bond acceptors (Lipinski definition) is 2. The highest BCUT2D eigenvalue weighted by atomic mass is 16.5. The fraction of sp³-hybridized carbons (Fsp3) is 0.340. The molecule has 1 saturated carbocycles. The zero-order chi connectivity index (χ0) is 34.3. The lowest BCUT2D eigenvalue weighted by Crippen LogP contribution is -2.44. The maximum Gasteiger partial charge on any atom is 0.187 e. The molecule has 9 rings (SSSR count). The summed E-state index contributed by atoms with van der Waals surface area (Å²) in [6.45, 7) is 20.0. The summed E-state index contributed by atoms with van der Waals surface area (Å²) in [5.74, 6) is 0.963. The van der Waals surface area contributed by atoms with E-state index in [1.165, 1.54) is 64.6 Å². The minimum atomic E-state index is -0.785. The van der Waals surface area contributed by atoms with Crippen LogP contribution in [0.5, 0.6) is 5.75 Å². The van der Waals surface area contributed by atoms with E-state index in [-0.39, 0.29) is 16.2 Å². The Kier molecular flexibility index (Phi) is 6.92. The van der Waals surface area contributed by atoms with Gasteiger partial charge in [-0.1, -0.05) is 119 Å². The van der Waals surface area contributed by atoms with E-state index in [4.69, 9.17) is 11.3 Å². The number of anilines is 1. The summed E-state index contributed by atoms with van der Waals surface area (Å²) in [5.41, 5.74) is 10.0. The number of hydrogen-bond donors (Lipinski definition) is 0. The fourth-order valence-corrected chi connectivity index (χ4v) is 10.9. The first-order chi connectivity index (χ1) is 24.1. The summed E-state index contributed by atoms with van der Waals surface area (Å²) >= 11 is 0. The van der Waals surface area contributed by atoms with Gasteiger partial charge >= 0.3 is 0 Å². The molecule has 1 spiro atoms. The molecule has 3 nitrogen and oxygen atoms in total. The monoisotopic (exact) mass is 654 g/mol. The highest BCUT2D eigenvalue weighted by Crippen LogP contribution is 2.67. The molecule has 2 aliphatic heterocycles. The summed E-state index contributed by atoms with van der Waals surface area (Å²) < 4.78 is 7.65. The van der Waals surface area contributed by atoms with Crippen molar-refractivity contribution in [1.82, 2.24) is 0 Å². The first-order valence-corrected chi connectivity index (χ1v) is 18.5. The molecule has 2 heterocycles. The van der Waals surface area contributed by atoms with Gasteiger partial charge in [-0.25, -0.2) is 4.85 Å². The molecule has 250 valence electrons. The lowest BCUT2D eigenvalue weighted by Gasteiger charge is -2.52. The second-order valence-electron chi connectivity index (χ2n) is 17.0. The molecule has 0 amide bonds. The average Bonchev–Trinajstić information content (AvgIpc) is 3.38. The van der Waals surface area contributed by atoms with Gasteiger partial charge in [0.2, 0.25) is 0 Å². The molecular weight excluding hydrogens is 609 g/mol. The van der Waals surface area contributed by atoms with E-state index in [1.807, 2.05) is 6.07 Å². The minimum absolute atomic E-state index is 0.121. The van der Waals surface area contributed by atoms with Crippen LogP contribution in [0.25, 0.3) is 32.8 Å². The van der Waals surface area contributed by atoms with Crippen LogP contribution < -0.4 is 9.64 Å². The Morgan fingerprint density at radius 3 is 2.06 bits per heavy atom. The molecule has 1 atom stereocenters. The van der Waals surface area contributed by atoms with Gasteiger partial charge < -0.3 is 9.64 Å². The number of benzene rings is 5. The van der Waals surface area contributed by atoms with E-state index in [1.54, 1.807) is 0 Å². The van der Waals surface area contributed by atoms with Crippen molar-refractivity contribution in [3.05, 3.63) is 142 Å². The normalized spacial score (nSPS) is 22.3. The molecule has 2 aliphatic carbocycles. The SMILES string of the molecule is [C-]#[N+]c1ccc2c(c1)C1(CC(C)(C)CC(C)(C)C1)c1c3c(c4ccccc4c1-2)OC(c1ccccc1)(c1ccc(N2CCCCC2)cc1)C=C3. The van der Waals surface area contributed by atoms with Gasteiger partial charge in [0.1, 0.15) is 5.75 Å². The Bertz CT molecular complexity index is 2200. The molecule has 0 bridgehead atoms. The zero-order valence-electron chi connectivity index (χ0n) is 29.9. The summed E-state index contributed by atoms with van der Waals surface area (Å²) in [6, 6.07) is 35.2. The Balaban J connectivity index is 1.30. The molecule has 1 unspecified atom stereocenters. The second kappa shape index (κ2) is 11.1. The molecule has 5 aromatic rings. The standard InChI is InChI=1S/C47H46N2O/c1-44(2)29-45(3,4)31-46(30-44)40-28-34(48-5)20-23-38(40)41-36-16-10-11-17-37(36)43-39(42(41)46)24-25-47(50-43,32-14-8-6-9-15-32)33-18-21-35(22-19-33)49-26-12-7-13-27-49/h6,8-11,14-25,28H,7,12-13,26-27,29-31H2,1-4H3. The molecule has 0 radical (unpaired) electrons. The maximum absolute atomic E-state index is 7.98. The van der Waals surface area contributed by atoms with Crippen molar-refractivity contribution < 1.29 is 4.74 Å². The number of piperidine rings is 1. The van der Waals surface area contributed by atoms with E-state index in [2.05, 4.69) is 141 Å². The lowest BCUT2D eigenvalue weighted by molar-refractivity contribution is 0.0642. The van der Waals surface area contributed by atoms with Gasteiger partial charge in [-0.15, -0.1) is 0 Å². The highest BCUT2D eigenvalue weighted by molar-refractivity contribution is 6.08. The Labute approximate surface area is 297 Å². The third kappa shape index (κ3) is 4.68. The van der Waals surface area contributed by atoms with E-state index in [0.717, 1.165) is 53.9 Å². The van der Waals surface area contributed by atoms with Gasteiger partial charge in [0.05, 0.1) is 6.57 Å². The predicted octanol–water partition coefficient (Wildman–Crippen LogP) is 12.2. The number of rotatable bonds is 3. The minimum Gasteiger partial charge on any atom is -0.472 e. The average molecular weight is 655 g/mol. The van der Waals surface area contributed by atoms with E-state index in [9.17, 15) is 0 Å². The number of nitrogens with zero attached hydrogens (tertiary/aromatic N) is 2. The van der Waals surface area contributed by atoms with E-state index < -0.39 is 5.60 Å². The first-order valence-electron chi connectivity index (χ1n) is 18.5. The van der Waals surface area contributed by atoms with Crippen molar-refractivity contribution in [2.75, 3.05) is 18.0 Å². The van der Waals surface area contributed by atoms with Crippen molar-refractivity contribution in [3.63, 3.8) is 0 Å². The van der Waals surface area contributed by atoms with Crippen LogP contribution in [0.4, 0.5) is 11.4 Å². The predicted molar refractivity (Wildman–Crippen MR) is 207 cm³/mol. The van der Waals surface area contributed by atoms with Gasteiger partial charge in [0.15, 0.2) is 11.3 Å². The summed E-state index contributed by atoms with van der Waals surface area (Å²) in [4.78, 5) is 6.47. The van der Waals surface area contributed by atoms with E-state index in [0.29, 0.717) is 0 Å². The van der Waals surface area contributed by atoms with Crippen molar-refractivity contribution in [1.29, 1.82) is 0 Å². The molecule has 0 aromatic heterocycles. The molecular formula is C47H46N2O. The first kappa shape index (κ1) is 31.2. The van der Waals surface area contributed by atoms with Gasteiger partial charge in [-0.05, 0) is 95.2 Å². The topological polar surface area (TPSA) is 16.8 Å². The van der Waals surface area contributed by atoms with Crippen LogP contribution in [0.2, 0.25) is 0 Å². The van der Waals surface area contributed by atoms with Crippen molar-refractivity contribution in [2.45, 2.75) is 77.2 Å². The molecule has 50 heavy (non-hydrogen) atoms. The van der Waals surface area contributed by atoms with Gasteiger partial charge in [-0.3, -0.25) is 0 Å². The smallest absolute Gasteiger partial charge is 0.187 e. The van der Waals surface area contributed by atoms with Gasteiger partial charge in [-0.2, -0.15) is 0 Å². The Hall–Kier alpha value is -4.81. The van der Waals surface area contributed by atoms with Crippen LogP contribution in [0.15, 0.2) is 103 Å². The molecule has 5 aromatic carbocycles. The number of fused-ring (bicyclic) bond motifs is 10. The molecule has 2 fully saturated rings. The van der Waals surface area contributed by atoms with Crippen LogP contribution >= 0.6 is 0 Å². The summed E-state index contributed by atoms with van der Waals surface area (Å²) in [7, 11) is 0. The Morgan fingerprint density at radius 2 is 1.36 bits per heavy atom. The van der Waals surface area contributed by atoms with Crippen molar-refractivity contribution in [3.8, 4) is 16.9 Å². The highest BCUT2D eigenvalue weighted by Gasteiger charge is 2.55. The van der Waals surface area contributed by atoms with Crippen LogP contribution in [0.1, 0.15) is 94.0 Å². The molecule has 3 heteroatoms. The number of ether oxygens (including phenoxy) is 1. The Morgan fingerprint density at radius 1 is 0.700 bits per heavy atom. The van der Waals surface area contributed by atoms with Crippen LogP contribution in [0.3, 0.4) is 0 Å². The van der Waals surface area contributed by atoms with Crippen LogP contribution in [-0.2, 0) is 11.0 Å². The summed E-state index contributed by atoms with van der Waals surface area (Å²) in [5, 5.41) is 2.37. The third-order valence-corrected chi connectivity index (χ3v) is 12.1. The van der Waals surface area contributed by atoms with Gasteiger partial charge in [0, 0.05) is 46.3 Å². The third-order valence-electron chi connectivity index (χ3n) is 12.1. The molecule has 4 aliphatic rings. The quantitative estimate of drug-likeness (QED) is 0.180. The zero-order valence-corrected chi connectivity index (χ0v) is 29.9. The lowest BCUT2D eigenvalue weighted by atomic mass is 9.52. The van der Waals surface area contributed by atoms with Crippen LogP contribution in [-0.4, -0.2) is 13.1 Å². The summed E-state index contributed by atoms with van der Waals surface area (Å²) in [6.07, 6.45) is 11.8. The fourth-order valence-electron chi connectivity index (χ4n) is 10.9. The largest absolute Gasteiger partial charge is 0.472 e. The van der Waals surface area contributed by atoms with Crippen molar-refractivity contribution in [2.24, 2.45) is 10.8 Å².